The van der Waals surface area contributed by atoms with Gasteiger partial charge in [-0.15, -0.1) is 0 Å². The van der Waals surface area contributed by atoms with Crippen molar-refractivity contribution in [1.82, 2.24) is 4.72 Å². The summed E-state index contributed by atoms with van der Waals surface area (Å²) in [6, 6.07) is 12.9. The van der Waals surface area contributed by atoms with Crippen LogP contribution in [0.2, 0.25) is 0 Å². The van der Waals surface area contributed by atoms with Gasteiger partial charge in [0.05, 0.1) is 5.75 Å². The Labute approximate surface area is 136 Å². The van der Waals surface area contributed by atoms with E-state index < -0.39 is 10.0 Å². The SMILES string of the molecule is Cc1ccc(CS(=O)(=O)NCc2ccc3c(c2)OCCO3)cc1. The minimum absolute atomic E-state index is 0.0299. The number of nitrogens with one attached hydrogen (secondary N) is 1. The quantitative estimate of drug-likeness (QED) is 0.912. The number of sulfonamides is 1. The lowest BCUT2D eigenvalue weighted by Gasteiger charge is -2.19. The second-order valence-electron chi connectivity index (χ2n) is 5.54. The molecule has 2 aromatic carbocycles. The zero-order valence-corrected chi connectivity index (χ0v) is 13.7. The first-order valence-electron chi connectivity index (χ1n) is 7.43. The van der Waals surface area contributed by atoms with Gasteiger partial charge in [0.1, 0.15) is 13.2 Å². The van der Waals surface area contributed by atoms with E-state index in [-0.39, 0.29) is 12.3 Å². The van der Waals surface area contributed by atoms with Crippen LogP contribution in [0.25, 0.3) is 0 Å². The lowest BCUT2D eigenvalue weighted by Crippen LogP contribution is -2.25. The van der Waals surface area contributed by atoms with Gasteiger partial charge in [0, 0.05) is 6.54 Å². The Balaban J connectivity index is 1.63. The molecular formula is C17H19NO4S. The summed E-state index contributed by atoms with van der Waals surface area (Å²) >= 11 is 0. The van der Waals surface area contributed by atoms with Gasteiger partial charge in [0.25, 0.3) is 0 Å². The van der Waals surface area contributed by atoms with E-state index in [2.05, 4.69) is 4.72 Å². The van der Waals surface area contributed by atoms with Crippen LogP contribution in [-0.2, 0) is 22.3 Å². The van der Waals surface area contributed by atoms with E-state index in [9.17, 15) is 8.42 Å². The molecule has 3 rings (SSSR count). The third kappa shape index (κ3) is 4.24. The lowest BCUT2D eigenvalue weighted by molar-refractivity contribution is 0.171. The van der Waals surface area contributed by atoms with Gasteiger partial charge in [0.2, 0.25) is 10.0 Å². The third-order valence-corrected chi connectivity index (χ3v) is 4.88. The van der Waals surface area contributed by atoms with Crippen LogP contribution in [0.3, 0.4) is 0 Å². The molecule has 0 aromatic heterocycles. The summed E-state index contributed by atoms with van der Waals surface area (Å²) in [6.45, 7) is 3.24. The van der Waals surface area contributed by atoms with Crippen molar-refractivity contribution >= 4 is 10.0 Å². The molecule has 0 aliphatic carbocycles. The molecule has 0 bridgehead atoms. The summed E-state index contributed by atoms with van der Waals surface area (Å²) in [5, 5.41) is 0. The molecule has 0 atom stereocenters. The van der Waals surface area contributed by atoms with E-state index in [1.807, 2.05) is 43.3 Å². The van der Waals surface area contributed by atoms with Crippen molar-refractivity contribution in [3.63, 3.8) is 0 Å². The summed E-state index contributed by atoms with van der Waals surface area (Å²) in [7, 11) is -3.39. The highest BCUT2D eigenvalue weighted by Crippen LogP contribution is 2.30. The van der Waals surface area contributed by atoms with Crippen molar-refractivity contribution in [1.29, 1.82) is 0 Å². The molecule has 1 heterocycles. The molecule has 0 saturated carbocycles. The Morgan fingerprint density at radius 3 is 2.35 bits per heavy atom. The van der Waals surface area contributed by atoms with Crippen molar-refractivity contribution in [2.75, 3.05) is 13.2 Å². The first kappa shape index (κ1) is 15.8. The monoisotopic (exact) mass is 333 g/mol. The minimum atomic E-state index is -3.39. The molecule has 23 heavy (non-hydrogen) atoms. The molecule has 0 amide bonds. The van der Waals surface area contributed by atoms with E-state index >= 15 is 0 Å². The summed E-state index contributed by atoms with van der Waals surface area (Å²) in [5.41, 5.74) is 2.71. The number of aryl methyl sites for hydroxylation is 1. The maximum atomic E-state index is 12.2. The third-order valence-electron chi connectivity index (χ3n) is 3.58. The Bertz CT molecular complexity index is 785. The molecule has 1 N–H and O–H groups in total. The van der Waals surface area contributed by atoms with E-state index in [4.69, 9.17) is 9.47 Å². The van der Waals surface area contributed by atoms with E-state index in [1.54, 1.807) is 6.07 Å². The van der Waals surface area contributed by atoms with Crippen LogP contribution >= 0.6 is 0 Å². The van der Waals surface area contributed by atoms with Crippen LogP contribution in [0, 0.1) is 6.92 Å². The van der Waals surface area contributed by atoms with Crippen molar-refractivity contribution in [2.24, 2.45) is 0 Å². The van der Waals surface area contributed by atoms with Gasteiger partial charge in [-0.05, 0) is 30.2 Å². The molecule has 1 aliphatic heterocycles. The molecule has 0 fully saturated rings. The molecule has 122 valence electrons. The lowest BCUT2D eigenvalue weighted by atomic mass is 10.2. The first-order chi connectivity index (χ1) is 11.0. The van der Waals surface area contributed by atoms with Gasteiger partial charge in [-0.3, -0.25) is 0 Å². The van der Waals surface area contributed by atoms with Crippen molar-refractivity contribution in [3.8, 4) is 11.5 Å². The van der Waals surface area contributed by atoms with Crippen LogP contribution < -0.4 is 14.2 Å². The van der Waals surface area contributed by atoms with Gasteiger partial charge in [-0.1, -0.05) is 35.9 Å². The van der Waals surface area contributed by atoms with Gasteiger partial charge < -0.3 is 9.47 Å². The maximum Gasteiger partial charge on any atom is 0.216 e. The number of ether oxygens (including phenoxy) is 2. The smallest absolute Gasteiger partial charge is 0.216 e. The summed E-state index contributed by atoms with van der Waals surface area (Å²) in [4.78, 5) is 0. The Morgan fingerprint density at radius 1 is 0.957 bits per heavy atom. The van der Waals surface area contributed by atoms with Gasteiger partial charge >= 0.3 is 0 Å². The van der Waals surface area contributed by atoms with Crippen LogP contribution in [0.5, 0.6) is 11.5 Å². The van der Waals surface area contributed by atoms with Gasteiger partial charge in [-0.25, -0.2) is 13.1 Å². The topological polar surface area (TPSA) is 64.6 Å². The largest absolute Gasteiger partial charge is 0.486 e. The fourth-order valence-corrected chi connectivity index (χ4v) is 3.47. The molecule has 0 radical (unpaired) electrons. The fraction of sp³-hybridized carbons (Fsp3) is 0.294. The summed E-state index contributed by atoms with van der Waals surface area (Å²) in [6.07, 6.45) is 0. The average Bonchev–Trinajstić information content (AvgIpc) is 2.55. The fourth-order valence-electron chi connectivity index (χ4n) is 2.35. The Kier molecular flexibility index (Phi) is 4.54. The van der Waals surface area contributed by atoms with E-state index in [0.29, 0.717) is 24.7 Å². The standard InChI is InChI=1S/C17H19NO4S/c1-13-2-4-14(5-3-13)12-23(19,20)18-11-15-6-7-16-17(10-15)22-9-8-21-16/h2-7,10,18H,8-9,11-12H2,1H3. The average molecular weight is 333 g/mol. The van der Waals surface area contributed by atoms with Crippen LogP contribution in [0.1, 0.15) is 16.7 Å². The zero-order chi connectivity index (χ0) is 16.3. The molecule has 0 spiro atoms. The second kappa shape index (κ2) is 6.60. The number of hydrogen-bond acceptors (Lipinski definition) is 4. The number of benzene rings is 2. The summed E-state index contributed by atoms with van der Waals surface area (Å²) < 4.78 is 37.9. The molecule has 2 aromatic rings. The maximum absolute atomic E-state index is 12.2. The molecular weight excluding hydrogens is 314 g/mol. The number of fused-ring (bicyclic) bond motifs is 1. The molecule has 0 saturated heterocycles. The predicted molar refractivity (Wildman–Crippen MR) is 88.1 cm³/mol. The highest BCUT2D eigenvalue weighted by molar-refractivity contribution is 7.88. The van der Waals surface area contributed by atoms with Crippen molar-refractivity contribution in [2.45, 2.75) is 19.2 Å². The van der Waals surface area contributed by atoms with Gasteiger partial charge in [0.15, 0.2) is 11.5 Å². The predicted octanol–water partition coefficient (Wildman–Crippen LogP) is 2.39. The number of rotatable bonds is 5. The molecule has 1 aliphatic rings. The van der Waals surface area contributed by atoms with Crippen molar-refractivity contribution in [3.05, 3.63) is 59.2 Å². The number of hydrogen-bond donors (Lipinski definition) is 1. The highest BCUT2D eigenvalue weighted by atomic mass is 32.2. The van der Waals surface area contributed by atoms with E-state index in [1.165, 1.54) is 0 Å². The molecule has 0 unspecified atom stereocenters. The van der Waals surface area contributed by atoms with Crippen LogP contribution in [0.15, 0.2) is 42.5 Å². The van der Waals surface area contributed by atoms with Gasteiger partial charge in [-0.2, -0.15) is 0 Å². The zero-order valence-electron chi connectivity index (χ0n) is 12.9. The second-order valence-corrected chi connectivity index (χ2v) is 7.35. The normalized spacial score (nSPS) is 13.8. The molecule has 6 heteroatoms. The Hall–Kier alpha value is -2.05. The highest BCUT2D eigenvalue weighted by Gasteiger charge is 2.14. The Morgan fingerprint density at radius 2 is 1.61 bits per heavy atom. The van der Waals surface area contributed by atoms with Crippen molar-refractivity contribution < 1.29 is 17.9 Å². The van der Waals surface area contributed by atoms with Crippen LogP contribution in [-0.4, -0.2) is 21.6 Å². The summed E-state index contributed by atoms with van der Waals surface area (Å²) in [5.74, 6) is 1.33. The minimum Gasteiger partial charge on any atom is -0.486 e. The van der Waals surface area contributed by atoms with Crippen LogP contribution in [0.4, 0.5) is 0 Å². The molecule has 5 nitrogen and oxygen atoms in total. The van der Waals surface area contributed by atoms with E-state index in [0.717, 1.165) is 16.7 Å². The first-order valence-corrected chi connectivity index (χ1v) is 9.08.